The molecule has 2 bridgehead atoms. The summed E-state index contributed by atoms with van der Waals surface area (Å²) in [6.07, 6.45) is 0.314. The molecule has 0 aromatic rings. The Hall–Kier alpha value is 0.772. The van der Waals surface area contributed by atoms with Crippen LogP contribution in [0, 0.1) is 44.3 Å². The molecule has 2 rings (SSSR count). The van der Waals surface area contributed by atoms with Crippen LogP contribution in [0.3, 0.4) is 0 Å². The average Bonchev–Trinajstić information content (AvgIpc) is 2.92. The fourth-order valence-electron chi connectivity index (χ4n) is 2.68. The van der Waals surface area contributed by atoms with Gasteiger partial charge >= 0.3 is 0 Å². The summed E-state index contributed by atoms with van der Waals surface area (Å²) >= 11 is 0. The fraction of sp³-hybridized carbons (Fsp3) is 0.846. The first-order chi connectivity index (χ1) is 9.67. The second kappa shape index (κ2) is 9.16. The van der Waals surface area contributed by atoms with Crippen LogP contribution < -0.4 is 0 Å². The Bertz CT molecular complexity index is 369. The minimum atomic E-state index is -1.05. The third-order valence-corrected chi connectivity index (χ3v) is 4.75. The summed E-state index contributed by atoms with van der Waals surface area (Å²) in [6, 6.07) is 0. The molecule has 0 aliphatic carbocycles. The molecule has 0 N–H and O–H groups in total. The number of rotatable bonds is 8. The van der Waals surface area contributed by atoms with E-state index in [9.17, 15) is 0 Å². The van der Waals surface area contributed by atoms with Crippen LogP contribution >= 0.6 is 8.38 Å². The molecule has 0 amide bonds. The van der Waals surface area contributed by atoms with Crippen molar-refractivity contribution in [1.82, 2.24) is 0 Å². The number of hydrogen-bond acceptors (Lipinski definition) is 5. The second-order valence-corrected chi connectivity index (χ2v) is 6.14. The Kier molecular flexibility index (Phi) is 8.65. The Balaban J connectivity index is 0.00000220. The molecule has 0 aromatic carbocycles. The van der Waals surface area contributed by atoms with E-state index in [0.29, 0.717) is 19.8 Å². The van der Waals surface area contributed by atoms with Gasteiger partial charge in [0.05, 0.1) is 18.3 Å². The Labute approximate surface area is 151 Å². The van der Waals surface area contributed by atoms with Gasteiger partial charge in [-0.25, -0.2) is 6.57 Å². The number of nitrogens with zero attached hydrogens (tertiary/aromatic N) is 1. The fourth-order valence-corrected chi connectivity index (χ4v) is 3.69. The summed E-state index contributed by atoms with van der Waals surface area (Å²) in [4.78, 5) is 3.26. The second-order valence-electron chi connectivity index (χ2n) is 4.79. The first-order valence-electron chi connectivity index (χ1n) is 6.70. The van der Waals surface area contributed by atoms with Crippen LogP contribution in [0.1, 0.15) is 13.3 Å². The molecule has 0 saturated carbocycles. The van der Waals surface area contributed by atoms with Gasteiger partial charge < -0.3 is 28.1 Å². The number of fused-ring (bicyclic) bond motifs is 2. The van der Waals surface area contributed by atoms with Gasteiger partial charge in [-0.15, -0.1) is 0 Å². The Morgan fingerprint density at radius 1 is 1.48 bits per heavy atom. The van der Waals surface area contributed by atoms with Crippen LogP contribution in [0.15, 0.2) is 0 Å². The van der Waals surface area contributed by atoms with Crippen LogP contribution in [0.5, 0.6) is 0 Å². The van der Waals surface area contributed by atoms with E-state index in [-0.39, 0.29) is 49.4 Å². The van der Waals surface area contributed by atoms with E-state index >= 15 is 0 Å². The van der Waals surface area contributed by atoms with Crippen molar-refractivity contribution in [1.29, 1.82) is 0 Å². The van der Waals surface area contributed by atoms with Crippen molar-refractivity contribution in [3.8, 4) is 0 Å². The van der Waals surface area contributed by atoms with Gasteiger partial charge in [-0.05, 0) is 12.5 Å². The maximum atomic E-state index is 6.73. The first-order valence-corrected chi connectivity index (χ1v) is 8.32. The van der Waals surface area contributed by atoms with Crippen LogP contribution in [-0.2, 0) is 23.3 Å². The molecule has 0 radical (unpaired) electrons. The molecule has 1 unspecified atom stereocenters. The van der Waals surface area contributed by atoms with Crippen molar-refractivity contribution in [3.05, 3.63) is 18.0 Å². The van der Waals surface area contributed by atoms with Crippen LogP contribution in [0.2, 0.25) is 0 Å². The third kappa shape index (κ3) is 4.19. The molecule has 21 heavy (non-hydrogen) atoms. The molecule has 2 saturated heterocycles. The Morgan fingerprint density at radius 3 is 2.86 bits per heavy atom. The molecule has 0 spiro atoms. The molecule has 0 aromatic heterocycles. The SMILES string of the molecule is [C-]#[N+]CCOP(C)O[C@H]1[C@@H]2[CH-]O[C@@]1(CC)[C@H](COC)O2.[U]. The average molecular weight is 540 g/mol. The molecule has 6 nitrogen and oxygen atoms in total. The van der Waals surface area contributed by atoms with Crippen molar-refractivity contribution < 1.29 is 54.4 Å². The Morgan fingerprint density at radius 2 is 2.24 bits per heavy atom. The van der Waals surface area contributed by atoms with Gasteiger partial charge in [0.25, 0.3) is 0 Å². The van der Waals surface area contributed by atoms with Gasteiger partial charge in [-0.3, -0.25) is 0 Å². The maximum absolute atomic E-state index is 6.73. The molecule has 2 heterocycles. The van der Waals surface area contributed by atoms with Crippen molar-refractivity contribution >= 4 is 8.38 Å². The van der Waals surface area contributed by atoms with Gasteiger partial charge in [0.2, 0.25) is 6.54 Å². The molecule has 2 aliphatic rings. The first kappa shape index (κ1) is 19.8. The topological polar surface area (TPSA) is 50.5 Å². The van der Waals surface area contributed by atoms with Crippen molar-refractivity contribution in [2.45, 2.75) is 37.3 Å². The van der Waals surface area contributed by atoms with Crippen molar-refractivity contribution in [2.24, 2.45) is 0 Å². The van der Waals surface area contributed by atoms with Gasteiger partial charge in [0.15, 0.2) is 8.38 Å². The predicted molar refractivity (Wildman–Crippen MR) is 74.1 cm³/mol. The zero-order valence-electron chi connectivity index (χ0n) is 12.6. The van der Waals surface area contributed by atoms with Crippen molar-refractivity contribution in [2.75, 3.05) is 33.5 Å². The van der Waals surface area contributed by atoms with E-state index in [4.69, 9.17) is 29.8 Å². The van der Waals surface area contributed by atoms with Crippen LogP contribution in [0.4, 0.5) is 0 Å². The molecular weight excluding hydrogens is 519 g/mol. The summed E-state index contributed by atoms with van der Waals surface area (Å²) < 4.78 is 28.5. The smallest absolute Gasteiger partial charge is 0.238 e. The van der Waals surface area contributed by atoms with Crippen LogP contribution in [-0.4, -0.2) is 57.4 Å². The molecular formula is C13H21NO5PU-. The minimum absolute atomic E-state index is 0. The number of methoxy groups -OCH3 is 1. The molecule has 8 heteroatoms. The van der Waals surface area contributed by atoms with Gasteiger partial charge in [-0.2, -0.15) is 6.61 Å². The standard InChI is InChI=1S/C13H21NO5P.U/c1-5-13-11(9-15-3)18-10(8-16-13)12(13)19-20(4)17-7-6-14-2;/h8,10-12H,5-7,9H2,1,3-4H3;/q-1;/t10-,11-,12-,13-,20?;/m0./s1. The summed E-state index contributed by atoms with van der Waals surface area (Å²) in [5.74, 6) is 0. The predicted octanol–water partition coefficient (Wildman–Crippen LogP) is 2.00. The van der Waals surface area contributed by atoms with E-state index in [1.807, 2.05) is 6.66 Å². The quantitative estimate of drug-likeness (QED) is 0.268. The van der Waals surface area contributed by atoms with E-state index in [0.717, 1.165) is 6.42 Å². The van der Waals surface area contributed by atoms with E-state index in [1.54, 1.807) is 13.7 Å². The van der Waals surface area contributed by atoms with Gasteiger partial charge in [0.1, 0.15) is 12.7 Å². The van der Waals surface area contributed by atoms with Gasteiger partial charge in [0, 0.05) is 44.9 Å². The van der Waals surface area contributed by atoms with Crippen molar-refractivity contribution in [3.63, 3.8) is 0 Å². The number of ether oxygens (including phenoxy) is 3. The summed E-state index contributed by atoms with van der Waals surface area (Å²) in [5.41, 5.74) is -0.486. The monoisotopic (exact) mass is 540 g/mol. The van der Waals surface area contributed by atoms with Crippen LogP contribution in [0.25, 0.3) is 4.85 Å². The number of hydrogen-bond donors (Lipinski definition) is 0. The molecule has 5 atom stereocenters. The van der Waals surface area contributed by atoms with Gasteiger partial charge in [-0.1, -0.05) is 6.92 Å². The normalized spacial score (nSPS) is 35.2. The largest absolute Gasteiger partial charge is 0.541 e. The zero-order valence-corrected chi connectivity index (χ0v) is 17.6. The van der Waals surface area contributed by atoms with E-state index in [1.165, 1.54) is 0 Å². The summed E-state index contributed by atoms with van der Waals surface area (Å²) in [5, 5.41) is 0. The summed E-state index contributed by atoms with van der Waals surface area (Å²) in [6.45, 7) is 13.6. The minimum Gasteiger partial charge on any atom is -0.541 e. The zero-order chi connectivity index (χ0) is 14.6. The maximum Gasteiger partial charge on any atom is 0.238 e. The molecule has 118 valence electrons. The van der Waals surface area contributed by atoms with E-state index < -0.39 is 14.0 Å². The summed E-state index contributed by atoms with van der Waals surface area (Å²) in [7, 11) is 0.605. The third-order valence-electron chi connectivity index (χ3n) is 3.68. The molecule has 2 fully saturated rings. The van der Waals surface area contributed by atoms with E-state index in [2.05, 4.69) is 11.8 Å². The molecule has 2 aliphatic heterocycles.